The number of aliphatic hydroxyl groups excluding tert-OH is 4. The summed E-state index contributed by atoms with van der Waals surface area (Å²) >= 11 is 0. The first-order chi connectivity index (χ1) is 18.0. The summed E-state index contributed by atoms with van der Waals surface area (Å²) in [5.74, 6) is -3.36. The van der Waals surface area contributed by atoms with Gasteiger partial charge in [-0.3, -0.25) is 19.2 Å². The van der Waals surface area contributed by atoms with Crippen molar-refractivity contribution in [2.75, 3.05) is 39.6 Å². The Morgan fingerprint density at radius 1 is 0.474 bits per heavy atom. The molecule has 0 bridgehead atoms. The van der Waals surface area contributed by atoms with Crippen molar-refractivity contribution in [2.45, 2.75) is 77.0 Å². The first kappa shape index (κ1) is 31.9. The summed E-state index contributed by atoms with van der Waals surface area (Å²) < 4.78 is 10.7. The number of rotatable bonds is 15. The van der Waals surface area contributed by atoms with E-state index in [1.807, 2.05) is 0 Å². The van der Waals surface area contributed by atoms with Gasteiger partial charge in [-0.15, -0.1) is 0 Å². The molecule has 38 heavy (non-hydrogen) atoms. The van der Waals surface area contributed by atoms with Crippen molar-refractivity contribution >= 4 is 23.9 Å². The molecule has 0 aromatic heterocycles. The van der Waals surface area contributed by atoms with Gasteiger partial charge in [-0.25, -0.2) is 0 Å². The molecule has 218 valence electrons. The first-order valence-electron chi connectivity index (χ1n) is 13.3. The Kier molecular flexibility index (Phi) is 11.5. The number of aliphatic carboxylic acids is 2. The second-order valence-electron chi connectivity index (χ2n) is 11.1. The van der Waals surface area contributed by atoms with Crippen LogP contribution in [0.1, 0.15) is 77.0 Å². The van der Waals surface area contributed by atoms with E-state index < -0.39 is 72.0 Å². The molecule has 2 aliphatic carbocycles. The predicted octanol–water partition coefficient (Wildman–Crippen LogP) is 0.865. The molecule has 6 N–H and O–H groups in total. The Balaban J connectivity index is 1.66. The van der Waals surface area contributed by atoms with E-state index in [4.69, 9.17) is 9.47 Å². The number of ether oxygens (including phenoxy) is 2. The van der Waals surface area contributed by atoms with Crippen LogP contribution in [0.5, 0.6) is 0 Å². The molecular formula is C26H42O12. The summed E-state index contributed by atoms with van der Waals surface area (Å²) in [5, 5.41) is 57.4. The maximum absolute atomic E-state index is 12.6. The monoisotopic (exact) mass is 546 g/mol. The van der Waals surface area contributed by atoms with E-state index in [1.165, 1.54) is 0 Å². The maximum Gasteiger partial charge on any atom is 0.314 e. The predicted molar refractivity (Wildman–Crippen MR) is 131 cm³/mol. The number of aliphatic hydroxyl groups is 4. The van der Waals surface area contributed by atoms with Gasteiger partial charge in [-0.2, -0.15) is 0 Å². The number of carbonyl (C=O) groups excluding carboxylic acids is 2. The molecule has 0 aromatic carbocycles. The van der Waals surface area contributed by atoms with Crippen molar-refractivity contribution in [2.24, 2.45) is 21.7 Å². The minimum atomic E-state index is -1.29. The number of hydrogen-bond donors (Lipinski definition) is 6. The zero-order valence-corrected chi connectivity index (χ0v) is 21.9. The molecule has 0 heterocycles. The standard InChI is InChI=1S/C26H42O12/c27-15-23(19(31)32)5-9-25(17-29,10-6-23)21(35)37-13-3-1-2-4-14-38-22(36)26(18-30)11-7-24(16-28,8-12-26)20(33)34/h27-30H,1-18H2,(H,31,32)(H,33,34). The Labute approximate surface area is 221 Å². The molecule has 0 aromatic rings. The molecule has 0 saturated heterocycles. The van der Waals surface area contributed by atoms with Crippen molar-refractivity contribution in [1.29, 1.82) is 0 Å². The minimum Gasteiger partial charge on any atom is -0.481 e. The van der Waals surface area contributed by atoms with Crippen LogP contribution < -0.4 is 0 Å². The van der Waals surface area contributed by atoms with Gasteiger partial charge in [0.2, 0.25) is 0 Å². The average Bonchev–Trinajstić information content (AvgIpc) is 2.93. The molecule has 0 atom stereocenters. The maximum atomic E-state index is 12.6. The van der Waals surface area contributed by atoms with E-state index in [0.717, 1.165) is 0 Å². The van der Waals surface area contributed by atoms with Gasteiger partial charge >= 0.3 is 23.9 Å². The third-order valence-corrected chi connectivity index (χ3v) is 8.82. The fourth-order valence-electron chi connectivity index (χ4n) is 5.34. The molecule has 2 fully saturated rings. The van der Waals surface area contributed by atoms with Crippen LogP contribution in [0.15, 0.2) is 0 Å². The Morgan fingerprint density at radius 2 is 0.737 bits per heavy atom. The Morgan fingerprint density at radius 3 is 0.974 bits per heavy atom. The highest BCUT2D eigenvalue weighted by Crippen LogP contribution is 2.47. The van der Waals surface area contributed by atoms with Gasteiger partial charge in [0.15, 0.2) is 0 Å². The normalized spacial score (nSPS) is 31.4. The number of hydrogen-bond acceptors (Lipinski definition) is 10. The van der Waals surface area contributed by atoms with Crippen LogP contribution in [0.2, 0.25) is 0 Å². The lowest BCUT2D eigenvalue weighted by Gasteiger charge is -2.41. The van der Waals surface area contributed by atoms with Crippen LogP contribution in [0.4, 0.5) is 0 Å². The molecule has 0 unspecified atom stereocenters. The summed E-state index contributed by atoms with van der Waals surface area (Å²) in [6.07, 6.45) is 3.25. The Hall–Kier alpha value is -2.28. The van der Waals surface area contributed by atoms with Gasteiger partial charge in [-0.05, 0) is 77.0 Å². The molecular weight excluding hydrogens is 504 g/mol. The van der Waals surface area contributed by atoms with Gasteiger partial charge in [0.1, 0.15) is 0 Å². The topological polar surface area (TPSA) is 208 Å². The highest BCUT2D eigenvalue weighted by Gasteiger charge is 2.52. The second-order valence-corrected chi connectivity index (χ2v) is 11.1. The minimum absolute atomic E-state index is 0.0760. The summed E-state index contributed by atoms with van der Waals surface area (Å²) in [6.45, 7) is -1.69. The molecule has 2 saturated carbocycles. The van der Waals surface area contributed by atoms with E-state index in [0.29, 0.717) is 25.7 Å². The Bertz CT molecular complexity index is 754. The largest absolute Gasteiger partial charge is 0.481 e. The van der Waals surface area contributed by atoms with Crippen molar-refractivity contribution < 1.29 is 59.3 Å². The van der Waals surface area contributed by atoms with Crippen LogP contribution in [-0.4, -0.2) is 94.2 Å². The van der Waals surface area contributed by atoms with Gasteiger partial charge in [0.25, 0.3) is 0 Å². The molecule has 2 aliphatic rings. The van der Waals surface area contributed by atoms with Gasteiger partial charge in [-0.1, -0.05) is 0 Å². The SMILES string of the molecule is O=C(O)C1(CO)CCC(CO)(C(=O)OCCCCCCOC(=O)C2(CO)CCC(CO)(C(=O)O)CC2)CC1. The van der Waals surface area contributed by atoms with Crippen LogP contribution in [0, 0.1) is 21.7 Å². The third-order valence-electron chi connectivity index (χ3n) is 8.82. The summed E-state index contributed by atoms with van der Waals surface area (Å²) in [4.78, 5) is 48.2. The third kappa shape index (κ3) is 6.83. The highest BCUT2D eigenvalue weighted by atomic mass is 16.5. The fourth-order valence-corrected chi connectivity index (χ4v) is 5.34. The van der Waals surface area contributed by atoms with Crippen LogP contribution in [0.3, 0.4) is 0 Å². The van der Waals surface area contributed by atoms with Gasteiger partial charge < -0.3 is 40.1 Å². The van der Waals surface area contributed by atoms with Crippen LogP contribution >= 0.6 is 0 Å². The lowest BCUT2D eigenvalue weighted by molar-refractivity contribution is -0.170. The number of carbonyl (C=O) groups is 4. The lowest BCUT2D eigenvalue weighted by Crippen LogP contribution is -2.47. The van der Waals surface area contributed by atoms with Crippen molar-refractivity contribution in [3.8, 4) is 0 Å². The molecule has 2 rings (SSSR count). The molecule has 0 radical (unpaired) electrons. The van der Waals surface area contributed by atoms with Crippen molar-refractivity contribution in [3.05, 3.63) is 0 Å². The van der Waals surface area contributed by atoms with E-state index in [9.17, 15) is 49.8 Å². The number of unbranched alkanes of at least 4 members (excludes halogenated alkanes) is 3. The van der Waals surface area contributed by atoms with E-state index >= 15 is 0 Å². The van der Waals surface area contributed by atoms with E-state index in [-0.39, 0.29) is 64.6 Å². The summed E-state index contributed by atoms with van der Waals surface area (Å²) in [5.41, 5.74) is -4.91. The summed E-state index contributed by atoms with van der Waals surface area (Å²) in [7, 11) is 0. The van der Waals surface area contributed by atoms with Crippen molar-refractivity contribution in [1.82, 2.24) is 0 Å². The van der Waals surface area contributed by atoms with Crippen LogP contribution in [-0.2, 0) is 28.7 Å². The molecule has 12 nitrogen and oxygen atoms in total. The van der Waals surface area contributed by atoms with E-state index in [1.54, 1.807) is 0 Å². The van der Waals surface area contributed by atoms with E-state index in [2.05, 4.69) is 0 Å². The molecule has 12 heteroatoms. The molecule has 0 amide bonds. The quantitative estimate of drug-likeness (QED) is 0.125. The van der Waals surface area contributed by atoms with Crippen LogP contribution in [0.25, 0.3) is 0 Å². The smallest absolute Gasteiger partial charge is 0.314 e. The lowest BCUT2D eigenvalue weighted by atomic mass is 9.64. The average molecular weight is 547 g/mol. The number of carboxylic acid groups (broad SMARTS) is 2. The zero-order valence-electron chi connectivity index (χ0n) is 21.9. The molecule has 0 aliphatic heterocycles. The number of carboxylic acids is 2. The van der Waals surface area contributed by atoms with Crippen molar-refractivity contribution in [3.63, 3.8) is 0 Å². The second kappa shape index (κ2) is 13.7. The fraction of sp³-hybridized carbons (Fsp3) is 0.846. The first-order valence-corrected chi connectivity index (χ1v) is 13.3. The molecule has 0 spiro atoms. The summed E-state index contributed by atoms with van der Waals surface area (Å²) in [6, 6.07) is 0. The van der Waals surface area contributed by atoms with Gasteiger partial charge in [0.05, 0.1) is 61.3 Å². The number of esters is 2. The van der Waals surface area contributed by atoms with Gasteiger partial charge in [0, 0.05) is 0 Å². The zero-order chi connectivity index (χ0) is 28.5. The highest BCUT2D eigenvalue weighted by molar-refractivity contribution is 5.80.